The first kappa shape index (κ1) is 14.1. The van der Waals surface area contributed by atoms with Gasteiger partial charge in [-0.15, -0.1) is 0 Å². The van der Waals surface area contributed by atoms with Crippen molar-refractivity contribution in [2.45, 2.75) is 32.2 Å². The average molecular weight is 269 g/mol. The number of carbonyl (C=O) groups excluding carboxylic acids is 1. The number of hydrogen-bond donors (Lipinski definition) is 2. The SMILES string of the molecule is CC(CCNC(=O)N1CCN(C2CC2)CC1)C(=O)O. The van der Waals surface area contributed by atoms with Crippen molar-refractivity contribution in [1.29, 1.82) is 0 Å². The summed E-state index contributed by atoms with van der Waals surface area (Å²) in [5.74, 6) is -1.22. The van der Waals surface area contributed by atoms with Crippen LogP contribution in [-0.4, -0.2) is 65.7 Å². The molecule has 0 aromatic carbocycles. The third-order valence-corrected chi connectivity index (χ3v) is 3.94. The highest BCUT2D eigenvalue weighted by Crippen LogP contribution is 2.27. The number of carboxylic acid groups (broad SMARTS) is 1. The number of rotatable bonds is 5. The molecule has 1 saturated heterocycles. The fourth-order valence-corrected chi connectivity index (χ4v) is 2.36. The first-order chi connectivity index (χ1) is 9.08. The minimum Gasteiger partial charge on any atom is -0.481 e. The molecule has 0 spiro atoms. The van der Waals surface area contributed by atoms with E-state index in [1.165, 1.54) is 12.8 Å². The van der Waals surface area contributed by atoms with E-state index in [1.54, 1.807) is 6.92 Å². The predicted octanol–water partition coefficient (Wildman–Crippen LogP) is 0.587. The van der Waals surface area contributed by atoms with Gasteiger partial charge in [0.15, 0.2) is 0 Å². The van der Waals surface area contributed by atoms with Crippen LogP contribution in [0.15, 0.2) is 0 Å². The van der Waals surface area contributed by atoms with Gasteiger partial charge in [-0.2, -0.15) is 0 Å². The van der Waals surface area contributed by atoms with Crippen molar-refractivity contribution in [3.8, 4) is 0 Å². The van der Waals surface area contributed by atoms with Gasteiger partial charge in [0, 0.05) is 38.8 Å². The number of hydrogen-bond acceptors (Lipinski definition) is 3. The minimum absolute atomic E-state index is 0.0620. The highest BCUT2D eigenvalue weighted by Gasteiger charge is 2.32. The van der Waals surface area contributed by atoms with Gasteiger partial charge in [0.05, 0.1) is 5.92 Å². The van der Waals surface area contributed by atoms with E-state index in [0.717, 1.165) is 32.2 Å². The van der Waals surface area contributed by atoms with E-state index in [4.69, 9.17) is 5.11 Å². The number of carbonyl (C=O) groups is 2. The molecule has 2 aliphatic rings. The lowest BCUT2D eigenvalue weighted by atomic mass is 10.1. The summed E-state index contributed by atoms with van der Waals surface area (Å²) >= 11 is 0. The van der Waals surface area contributed by atoms with E-state index in [1.807, 2.05) is 4.90 Å². The fourth-order valence-electron chi connectivity index (χ4n) is 2.36. The molecule has 1 saturated carbocycles. The molecule has 6 heteroatoms. The van der Waals surface area contributed by atoms with Crippen molar-refractivity contribution >= 4 is 12.0 Å². The molecule has 0 bridgehead atoms. The molecule has 1 atom stereocenters. The lowest BCUT2D eigenvalue weighted by molar-refractivity contribution is -0.141. The van der Waals surface area contributed by atoms with Gasteiger partial charge in [0.1, 0.15) is 0 Å². The molecule has 1 heterocycles. The summed E-state index contributed by atoms with van der Waals surface area (Å²) in [7, 11) is 0. The summed E-state index contributed by atoms with van der Waals surface area (Å²) in [6.07, 6.45) is 3.08. The van der Waals surface area contributed by atoms with Crippen LogP contribution in [-0.2, 0) is 4.79 Å². The molecular weight excluding hydrogens is 246 g/mol. The highest BCUT2D eigenvalue weighted by atomic mass is 16.4. The maximum atomic E-state index is 11.9. The topological polar surface area (TPSA) is 72.9 Å². The van der Waals surface area contributed by atoms with Crippen molar-refractivity contribution in [2.75, 3.05) is 32.7 Å². The van der Waals surface area contributed by atoms with Crippen LogP contribution >= 0.6 is 0 Å². The van der Waals surface area contributed by atoms with Gasteiger partial charge in [-0.3, -0.25) is 9.69 Å². The Morgan fingerprint density at radius 1 is 1.26 bits per heavy atom. The van der Waals surface area contributed by atoms with Crippen LogP contribution in [0, 0.1) is 5.92 Å². The Balaban J connectivity index is 1.62. The van der Waals surface area contributed by atoms with Gasteiger partial charge in [-0.1, -0.05) is 6.92 Å². The van der Waals surface area contributed by atoms with Crippen molar-refractivity contribution in [2.24, 2.45) is 5.92 Å². The van der Waals surface area contributed by atoms with Crippen LogP contribution in [0.3, 0.4) is 0 Å². The zero-order valence-electron chi connectivity index (χ0n) is 11.5. The van der Waals surface area contributed by atoms with Crippen molar-refractivity contribution < 1.29 is 14.7 Å². The Hall–Kier alpha value is -1.30. The second kappa shape index (κ2) is 6.23. The Kier molecular flexibility index (Phi) is 4.63. The number of carboxylic acids is 1. The Morgan fingerprint density at radius 3 is 2.42 bits per heavy atom. The number of aliphatic carboxylic acids is 1. The first-order valence-electron chi connectivity index (χ1n) is 7.07. The summed E-state index contributed by atoms with van der Waals surface area (Å²) in [6.45, 7) is 5.55. The van der Waals surface area contributed by atoms with E-state index in [9.17, 15) is 9.59 Å². The Bertz CT molecular complexity index is 336. The molecule has 0 radical (unpaired) electrons. The van der Waals surface area contributed by atoms with Gasteiger partial charge in [-0.05, 0) is 19.3 Å². The normalized spacial score (nSPS) is 22.1. The summed E-state index contributed by atoms with van der Waals surface area (Å²) < 4.78 is 0. The molecule has 2 amide bonds. The van der Waals surface area contributed by atoms with Crippen LogP contribution in [0.5, 0.6) is 0 Å². The molecule has 19 heavy (non-hydrogen) atoms. The van der Waals surface area contributed by atoms with Gasteiger partial charge in [0.2, 0.25) is 0 Å². The molecule has 0 aromatic rings. The van der Waals surface area contributed by atoms with Crippen molar-refractivity contribution in [3.05, 3.63) is 0 Å². The number of piperazine rings is 1. The number of amides is 2. The first-order valence-corrected chi connectivity index (χ1v) is 7.07. The number of nitrogens with zero attached hydrogens (tertiary/aromatic N) is 2. The summed E-state index contributed by atoms with van der Waals surface area (Å²) in [5.41, 5.74) is 0. The largest absolute Gasteiger partial charge is 0.481 e. The number of urea groups is 1. The lowest BCUT2D eigenvalue weighted by Crippen LogP contribution is -2.52. The van der Waals surface area contributed by atoms with Gasteiger partial charge < -0.3 is 15.3 Å². The highest BCUT2D eigenvalue weighted by molar-refractivity contribution is 5.74. The van der Waals surface area contributed by atoms with Crippen molar-refractivity contribution in [1.82, 2.24) is 15.1 Å². The van der Waals surface area contributed by atoms with Gasteiger partial charge in [-0.25, -0.2) is 4.79 Å². The zero-order valence-corrected chi connectivity index (χ0v) is 11.5. The Labute approximate surface area is 113 Å². The van der Waals surface area contributed by atoms with E-state index >= 15 is 0 Å². The molecule has 6 nitrogen and oxygen atoms in total. The van der Waals surface area contributed by atoms with E-state index in [0.29, 0.717) is 13.0 Å². The summed E-state index contributed by atoms with van der Waals surface area (Å²) in [4.78, 5) is 26.8. The van der Waals surface area contributed by atoms with Crippen molar-refractivity contribution in [3.63, 3.8) is 0 Å². The molecule has 2 rings (SSSR count). The van der Waals surface area contributed by atoms with Gasteiger partial charge in [0.25, 0.3) is 0 Å². The molecule has 1 unspecified atom stereocenters. The standard InChI is InChI=1S/C13H23N3O3/c1-10(12(17)18)4-5-14-13(19)16-8-6-15(7-9-16)11-2-3-11/h10-11H,2-9H2,1H3,(H,14,19)(H,17,18). The van der Waals surface area contributed by atoms with Crippen LogP contribution < -0.4 is 5.32 Å². The molecule has 2 fully saturated rings. The number of nitrogens with one attached hydrogen (secondary N) is 1. The quantitative estimate of drug-likeness (QED) is 0.766. The van der Waals surface area contributed by atoms with Crippen LogP contribution in [0.1, 0.15) is 26.2 Å². The molecular formula is C13H23N3O3. The van der Waals surface area contributed by atoms with Crippen LogP contribution in [0.25, 0.3) is 0 Å². The molecule has 2 N–H and O–H groups in total. The second-order valence-electron chi connectivity index (χ2n) is 5.51. The van der Waals surface area contributed by atoms with Gasteiger partial charge >= 0.3 is 12.0 Å². The summed E-state index contributed by atoms with van der Waals surface area (Å²) in [5, 5.41) is 11.6. The van der Waals surface area contributed by atoms with E-state index < -0.39 is 11.9 Å². The predicted molar refractivity (Wildman–Crippen MR) is 71.0 cm³/mol. The lowest BCUT2D eigenvalue weighted by Gasteiger charge is -2.34. The molecule has 1 aliphatic carbocycles. The Morgan fingerprint density at radius 2 is 1.89 bits per heavy atom. The molecule has 1 aliphatic heterocycles. The van der Waals surface area contributed by atoms with E-state index in [-0.39, 0.29) is 6.03 Å². The minimum atomic E-state index is -0.813. The third kappa shape index (κ3) is 4.09. The zero-order chi connectivity index (χ0) is 13.8. The summed E-state index contributed by atoms with van der Waals surface area (Å²) in [6, 6.07) is 0.703. The smallest absolute Gasteiger partial charge is 0.317 e. The monoisotopic (exact) mass is 269 g/mol. The maximum absolute atomic E-state index is 11.9. The average Bonchev–Trinajstić information content (AvgIpc) is 3.23. The fraction of sp³-hybridized carbons (Fsp3) is 0.846. The van der Waals surface area contributed by atoms with E-state index in [2.05, 4.69) is 10.2 Å². The maximum Gasteiger partial charge on any atom is 0.317 e. The second-order valence-corrected chi connectivity index (χ2v) is 5.51. The molecule has 108 valence electrons. The third-order valence-electron chi connectivity index (χ3n) is 3.94. The molecule has 0 aromatic heterocycles. The van der Waals surface area contributed by atoms with Crippen LogP contribution in [0.4, 0.5) is 4.79 Å². The van der Waals surface area contributed by atoms with Crippen LogP contribution in [0.2, 0.25) is 0 Å².